The Bertz CT molecular complexity index is 1100. The van der Waals surface area contributed by atoms with Gasteiger partial charge < -0.3 is 5.11 Å². The maximum absolute atomic E-state index is 11.7. The van der Waals surface area contributed by atoms with Crippen molar-refractivity contribution in [3.05, 3.63) is 70.9 Å². The Kier molecular flexibility index (Phi) is 5.55. The van der Waals surface area contributed by atoms with Crippen molar-refractivity contribution in [2.24, 2.45) is 11.1 Å². The average molecular weight is 420 g/mol. The highest BCUT2D eigenvalue weighted by molar-refractivity contribution is 7.89. The number of aromatic nitrogens is 2. The van der Waals surface area contributed by atoms with Crippen LogP contribution in [0.15, 0.2) is 59.5 Å². The Morgan fingerprint density at radius 2 is 1.75 bits per heavy atom. The van der Waals surface area contributed by atoms with Gasteiger partial charge in [-0.2, -0.15) is 5.10 Å². The van der Waals surface area contributed by atoms with Crippen LogP contribution in [0.5, 0.6) is 0 Å². The molecule has 9 heteroatoms. The van der Waals surface area contributed by atoms with E-state index in [1.807, 2.05) is 30.3 Å². The van der Waals surface area contributed by atoms with Crippen LogP contribution >= 0.6 is 11.6 Å². The van der Waals surface area contributed by atoms with Gasteiger partial charge in [0.15, 0.2) is 0 Å². The van der Waals surface area contributed by atoms with Gasteiger partial charge in [0.25, 0.3) is 0 Å². The summed E-state index contributed by atoms with van der Waals surface area (Å²) in [5.41, 5.74) is 2.34. The van der Waals surface area contributed by atoms with Crippen molar-refractivity contribution in [1.82, 2.24) is 10.2 Å². The molecule has 1 aromatic heterocycles. The SMILES string of the molecule is CC(C(=O)O)C(c1ccc(S(N)(=O)=O)cc1)c1n[nH]c(-c2ccccc2)c1Cl. The molecule has 0 aliphatic carbocycles. The summed E-state index contributed by atoms with van der Waals surface area (Å²) in [4.78, 5) is 11.6. The first-order valence-electron chi connectivity index (χ1n) is 8.35. The van der Waals surface area contributed by atoms with E-state index in [9.17, 15) is 18.3 Å². The van der Waals surface area contributed by atoms with E-state index in [1.54, 1.807) is 6.92 Å². The zero-order chi connectivity index (χ0) is 20.5. The van der Waals surface area contributed by atoms with Crippen molar-refractivity contribution in [3.8, 4) is 11.3 Å². The molecule has 28 heavy (non-hydrogen) atoms. The van der Waals surface area contributed by atoms with Gasteiger partial charge in [0.05, 0.1) is 27.2 Å². The molecule has 4 N–H and O–H groups in total. The quantitative estimate of drug-likeness (QED) is 0.565. The molecule has 0 amide bonds. The predicted octanol–water partition coefficient (Wildman–Crippen LogP) is 3.23. The summed E-state index contributed by atoms with van der Waals surface area (Å²) in [5, 5.41) is 22.2. The molecule has 0 radical (unpaired) electrons. The number of hydrogen-bond donors (Lipinski definition) is 3. The largest absolute Gasteiger partial charge is 0.481 e. The summed E-state index contributed by atoms with van der Waals surface area (Å²) in [6.45, 7) is 1.55. The third kappa shape index (κ3) is 3.94. The van der Waals surface area contributed by atoms with E-state index in [0.29, 0.717) is 22.0 Å². The van der Waals surface area contributed by atoms with Gasteiger partial charge in [-0.3, -0.25) is 9.89 Å². The fraction of sp³-hybridized carbons (Fsp3) is 0.158. The van der Waals surface area contributed by atoms with Crippen LogP contribution in [0.4, 0.5) is 0 Å². The molecule has 0 spiro atoms. The van der Waals surface area contributed by atoms with Crippen LogP contribution in [0.2, 0.25) is 5.02 Å². The van der Waals surface area contributed by atoms with Crippen molar-refractivity contribution in [2.75, 3.05) is 0 Å². The van der Waals surface area contributed by atoms with Crippen LogP contribution in [0.25, 0.3) is 11.3 Å². The third-order valence-electron chi connectivity index (χ3n) is 4.55. The number of sulfonamides is 1. The van der Waals surface area contributed by atoms with Gasteiger partial charge in [-0.05, 0) is 17.7 Å². The molecule has 2 atom stereocenters. The molecular formula is C19H18ClN3O4S. The van der Waals surface area contributed by atoms with Gasteiger partial charge in [-0.1, -0.05) is 61.0 Å². The van der Waals surface area contributed by atoms with Gasteiger partial charge >= 0.3 is 5.97 Å². The summed E-state index contributed by atoms with van der Waals surface area (Å²) < 4.78 is 23.0. The van der Waals surface area contributed by atoms with Crippen LogP contribution < -0.4 is 5.14 Å². The summed E-state index contributed by atoms with van der Waals surface area (Å²) in [5.74, 6) is -2.57. The van der Waals surface area contributed by atoms with Crippen molar-refractivity contribution < 1.29 is 18.3 Å². The second kappa shape index (κ2) is 7.75. The first-order chi connectivity index (χ1) is 13.2. The molecular weight excluding hydrogens is 402 g/mol. The Hall–Kier alpha value is -2.68. The number of carboxylic acid groups (broad SMARTS) is 1. The monoisotopic (exact) mass is 419 g/mol. The number of primary sulfonamides is 1. The fourth-order valence-corrected chi connectivity index (χ4v) is 3.86. The van der Waals surface area contributed by atoms with Gasteiger partial charge in [-0.15, -0.1) is 0 Å². The molecule has 0 aliphatic heterocycles. The number of carboxylic acids is 1. The number of H-pyrrole nitrogens is 1. The van der Waals surface area contributed by atoms with Gasteiger partial charge in [0.2, 0.25) is 10.0 Å². The number of nitrogens with one attached hydrogen (secondary N) is 1. The molecule has 1 heterocycles. The summed E-state index contributed by atoms with van der Waals surface area (Å²) in [7, 11) is -3.85. The second-order valence-electron chi connectivity index (χ2n) is 6.38. The maximum Gasteiger partial charge on any atom is 0.307 e. The molecule has 0 aliphatic rings. The first kappa shape index (κ1) is 20.1. The topological polar surface area (TPSA) is 126 Å². The molecule has 2 aromatic carbocycles. The lowest BCUT2D eigenvalue weighted by molar-refractivity contribution is -0.141. The molecule has 0 saturated heterocycles. The number of aromatic amines is 1. The maximum atomic E-state index is 11.7. The highest BCUT2D eigenvalue weighted by Crippen LogP contribution is 2.39. The van der Waals surface area contributed by atoms with Crippen LogP contribution in [-0.4, -0.2) is 29.7 Å². The molecule has 7 nitrogen and oxygen atoms in total. The van der Waals surface area contributed by atoms with Gasteiger partial charge in [0.1, 0.15) is 0 Å². The highest BCUT2D eigenvalue weighted by Gasteiger charge is 2.32. The molecule has 3 rings (SSSR count). The Morgan fingerprint density at radius 3 is 2.29 bits per heavy atom. The number of hydrogen-bond acceptors (Lipinski definition) is 4. The summed E-state index contributed by atoms with van der Waals surface area (Å²) in [6.07, 6.45) is 0. The first-order valence-corrected chi connectivity index (χ1v) is 10.3. The molecule has 2 unspecified atom stereocenters. The van der Waals surface area contributed by atoms with E-state index in [0.717, 1.165) is 5.56 Å². The van der Waals surface area contributed by atoms with E-state index in [1.165, 1.54) is 24.3 Å². The van der Waals surface area contributed by atoms with E-state index in [4.69, 9.17) is 16.7 Å². The number of carbonyl (C=O) groups is 1. The van der Waals surface area contributed by atoms with E-state index in [-0.39, 0.29) is 4.90 Å². The minimum atomic E-state index is -3.85. The number of benzene rings is 2. The number of halogens is 1. The predicted molar refractivity (Wildman–Crippen MR) is 105 cm³/mol. The lowest BCUT2D eigenvalue weighted by Crippen LogP contribution is -2.21. The minimum Gasteiger partial charge on any atom is -0.481 e. The zero-order valence-corrected chi connectivity index (χ0v) is 16.4. The van der Waals surface area contributed by atoms with Crippen LogP contribution in [0, 0.1) is 5.92 Å². The normalized spacial score (nSPS) is 13.8. The lowest BCUT2D eigenvalue weighted by Gasteiger charge is -2.20. The number of aliphatic carboxylic acids is 1. The van der Waals surface area contributed by atoms with E-state index < -0.39 is 27.8 Å². The summed E-state index contributed by atoms with van der Waals surface area (Å²) in [6, 6.07) is 15.0. The second-order valence-corrected chi connectivity index (χ2v) is 8.32. The van der Waals surface area contributed by atoms with Crippen molar-refractivity contribution in [3.63, 3.8) is 0 Å². The molecule has 3 aromatic rings. The number of nitrogens with two attached hydrogens (primary N) is 1. The van der Waals surface area contributed by atoms with Crippen LogP contribution in [0.1, 0.15) is 24.1 Å². The minimum absolute atomic E-state index is 0.0592. The van der Waals surface area contributed by atoms with Crippen LogP contribution in [0.3, 0.4) is 0 Å². The smallest absolute Gasteiger partial charge is 0.307 e. The third-order valence-corrected chi connectivity index (χ3v) is 5.86. The lowest BCUT2D eigenvalue weighted by atomic mass is 9.84. The Labute approximate surface area is 167 Å². The zero-order valence-electron chi connectivity index (χ0n) is 14.8. The fourth-order valence-electron chi connectivity index (χ4n) is 3.04. The van der Waals surface area contributed by atoms with Gasteiger partial charge in [0, 0.05) is 11.5 Å². The number of nitrogens with zero attached hydrogens (tertiary/aromatic N) is 1. The van der Waals surface area contributed by atoms with Gasteiger partial charge in [-0.25, -0.2) is 13.6 Å². The van der Waals surface area contributed by atoms with Crippen molar-refractivity contribution in [2.45, 2.75) is 17.7 Å². The van der Waals surface area contributed by atoms with Crippen molar-refractivity contribution in [1.29, 1.82) is 0 Å². The van der Waals surface area contributed by atoms with E-state index >= 15 is 0 Å². The van der Waals surface area contributed by atoms with Crippen LogP contribution in [-0.2, 0) is 14.8 Å². The average Bonchev–Trinajstić information content (AvgIpc) is 3.03. The highest BCUT2D eigenvalue weighted by atomic mass is 35.5. The molecule has 0 saturated carbocycles. The standard InChI is InChI=1S/C19H18ClN3O4S/c1-11(19(24)25)15(12-7-9-14(10-8-12)28(21,26)27)18-16(20)17(22-23-18)13-5-3-2-4-6-13/h2-11,15H,1H3,(H,22,23)(H,24,25)(H2,21,26,27). The number of rotatable bonds is 6. The molecule has 0 bridgehead atoms. The summed E-state index contributed by atoms with van der Waals surface area (Å²) >= 11 is 6.55. The molecule has 0 fully saturated rings. The molecule has 146 valence electrons. The Morgan fingerprint density at radius 1 is 1.14 bits per heavy atom. The Balaban J connectivity index is 2.10. The van der Waals surface area contributed by atoms with E-state index in [2.05, 4.69) is 10.2 Å². The van der Waals surface area contributed by atoms with Crippen molar-refractivity contribution >= 4 is 27.6 Å².